The van der Waals surface area contributed by atoms with Crippen LogP contribution in [0.2, 0.25) is 0 Å². The molecule has 1 saturated heterocycles. The standard InChI is InChI=1S/C16H28N2/c1-2-3-5-10-15(17)16(11-6-7-12-16)18-13-8-4-9-14-18/h15H,4-14,17H2,1H3. The Hall–Kier alpha value is -0.520. The van der Waals surface area contributed by atoms with E-state index < -0.39 is 0 Å². The van der Waals surface area contributed by atoms with E-state index in [0.29, 0.717) is 11.6 Å². The molecule has 2 fully saturated rings. The first-order chi connectivity index (χ1) is 8.79. The third-order valence-electron chi connectivity index (χ3n) is 4.90. The molecule has 1 aliphatic heterocycles. The van der Waals surface area contributed by atoms with E-state index in [2.05, 4.69) is 16.7 Å². The molecule has 18 heavy (non-hydrogen) atoms. The maximum absolute atomic E-state index is 6.58. The molecule has 1 unspecified atom stereocenters. The first-order valence-electron chi connectivity index (χ1n) is 7.70. The molecule has 2 aliphatic rings. The molecule has 1 saturated carbocycles. The van der Waals surface area contributed by atoms with Gasteiger partial charge in [0.25, 0.3) is 0 Å². The summed E-state index contributed by atoms with van der Waals surface area (Å²) in [5.74, 6) is 6.16. The highest BCUT2D eigenvalue weighted by atomic mass is 15.2. The Morgan fingerprint density at radius 2 is 1.78 bits per heavy atom. The van der Waals surface area contributed by atoms with Gasteiger partial charge in [-0.3, -0.25) is 4.90 Å². The fourth-order valence-corrected chi connectivity index (χ4v) is 3.87. The van der Waals surface area contributed by atoms with Gasteiger partial charge in [0.05, 0.1) is 0 Å². The second-order valence-electron chi connectivity index (χ2n) is 5.93. The molecule has 0 radical (unpaired) electrons. The molecule has 0 spiro atoms. The minimum atomic E-state index is 0.315. The van der Waals surface area contributed by atoms with Crippen molar-refractivity contribution in [2.45, 2.75) is 76.3 Å². The van der Waals surface area contributed by atoms with Crippen molar-refractivity contribution in [3.05, 3.63) is 0 Å². The largest absolute Gasteiger partial charge is 0.326 e. The molecule has 1 aliphatic carbocycles. The summed E-state index contributed by atoms with van der Waals surface area (Å²) in [6.07, 6.45) is 11.5. The molecule has 2 heteroatoms. The topological polar surface area (TPSA) is 29.3 Å². The number of piperidine rings is 1. The van der Waals surface area contributed by atoms with E-state index in [9.17, 15) is 0 Å². The van der Waals surface area contributed by atoms with Crippen LogP contribution in [-0.4, -0.2) is 29.6 Å². The van der Waals surface area contributed by atoms with Crippen molar-refractivity contribution < 1.29 is 0 Å². The SMILES string of the molecule is CC#CCCC(N)C1(N2CCCCC2)CCCC1. The average Bonchev–Trinajstić information content (AvgIpc) is 2.90. The highest BCUT2D eigenvalue weighted by Crippen LogP contribution is 2.40. The van der Waals surface area contributed by atoms with Crippen LogP contribution in [0.5, 0.6) is 0 Å². The quantitative estimate of drug-likeness (QED) is 0.775. The smallest absolute Gasteiger partial charge is 0.0360 e. The third-order valence-corrected chi connectivity index (χ3v) is 4.90. The van der Waals surface area contributed by atoms with Crippen molar-refractivity contribution in [1.82, 2.24) is 4.90 Å². The summed E-state index contributed by atoms with van der Waals surface area (Å²) >= 11 is 0. The molecule has 102 valence electrons. The van der Waals surface area contributed by atoms with Crippen molar-refractivity contribution >= 4 is 0 Å². The summed E-state index contributed by atoms with van der Waals surface area (Å²) in [6.45, 7) is 4.46. The number of rotatable bonds is 4. The first-order valence-corrected chi connectivity index (χ1v) is 7.70. The van der Waals surface area contributed by atoms with Crippen LogP contribution in [0.15, 0.2) is 0 Å². The lowest BCUT2D eigenvalue weighted by molar-refractivity contribution is 0.0462. The van der Waals surface area contributed by atoms with E-state index in [-0.39, 0.29) is 0 Å². The molecule has 1 heterocycles. The molecule has 0 amide bonds. The van der Waals surface area contributed by atoms with E-state index in [1.807, 2.05) is 6.92 Å². The normalized spacial score (nSPS) is 25.4. The van der Waals surface area contributed by atoms with Gasteiger partial charge in [-0.05, 0) is 52.1 Å². The number of likely N-dealkylation sites (tertiary alicyclic amines) is 1. The number of nitrogens with two attached hydrogens (primary N) is 1. The number of hydrogen-bond donors (Lipinski definition) is 1. The van der Waals surface area contributed by atoms with Crippen LogP contribution in [0.3, 0.4) is 0 Å². The van der Waals surface area contributed by atoms with Gasteiger partial charge in [-0.15, -0.1) is 11.8 Å². The minimum absolute atomic E-state index is 0.315. The second kappa shape index (κ2) is 6.59. The summed E-state index contributed by atoms with van der Waals surface area (Å²) in [5.41, 5.74) is 6.89. The van der Waals surface area contributed by atoms with Crippen molar-refractivity contribution in [2.24, 2.45) is 5.73 Å². The molecular formula is C16H28N2. The van der Waals surface area contributed by atoms with Crippen LogP contribution >= 0.6 is 0 Å². The Labute approximate surface area is 112 Å². The average molecular weight is 248 g/mol. The molecule has 1 atom stereocenters. The predicted molar refractivity (Wildman–Crippen MR) is 77.3 cm³/mol. The van der Waals surface area contributed by atoms with Gasteiger partial charge >= 0.3 is 0 Å². The number of nitrogens with zero attached hydrogens (tertiary/aromatic N) is 1. The lowest BCUT2D eigenvalue weighted by atomic mass is 9.83. The van der Waals surface area contributed by atoms with Gasteiger partial charge in [-0.2, -0.15) is 0 Å². The fourth-order valence-electron chi connectivity index (χ4n) is 3.87. The molecule has 2 rings (SSSR count). The Balaban J connectivity index is 2.01. The maximum atomic E-state index is 6.58. The molecule has 2 N–H and O–H groups in total. The Morgan fingerprint density at radius 1 is 1.11 bits per heavy atom. The highest BCUT2D eigenvalue weighted by Gasteiger charge is 2.44. The van der Waals surface area contributed by atoms with Gasteiger partial charge < -0.3 is 5.73 Å². The van der Waals surface area contributed by atoms with E-state index in [1.54, 1.807) is 0 Å². The fraction of sp³-hybridized carbons (Fsp3) is 0.875. The molecule has 0 bridgehead atoms. The van der Waals surface area contributed by atoms with E-state index >= 15 is 0 Å². The molecular weight excluding hydrogens is 220 g/mol. The van der Waals surface area contributed by atoms with Gasteiger partial charge in [0.15, 0.2) is 0 Å². The summed E-state index contributed by atoms with van der Waals surface area (Å²) in [7, 11) is 0. The lowest BCUT2D eigenvalue weighted by Crippen LogP contribution is -2.59. The summed E-state index contributed by atoms with van der Waals surface area (Å²) in [4.78, 5) is 2.73. The summed E-state index contributed by atoms with van der Waals surface area (Å²) < 4.78 is 0. The summed E-state index contributed by atoms with van der Waals surface area (Å²) in [5, 5.41) is 0. The molecule has 0 aromatic heterocycles. The van der Waals surface area contributed by atoms with Crippen LogP contribution in [-0.2, 0) is 0 Å². The zero-order valence-corrected chi connectivity index (χ0v) is 11.9. The Morgan fingerprint density at radius 3 is 2.39 bits per heavy atom. The second-order valence-corrected chi connectivity index (χ2v) is 5.93. The van der Waals surface area contributed by atoms with Crippen molar-refractivity contribution in [3.8, 4) is 11.8 Å². The van der Waals surface area contributed by atoms with E-state index in [4.69, 9.17) is 5.73 Å². The minimum Gasteiger partial charge on any atom is -0.326 e. The van der Waals surface area contributed by atoms with Crippen LogP contribution in [0, 0.1) is 11.8 Å². The van der Waals surface area contributed by atoms with Crippen molar-refractivity contribution in [1.29, 1.82) is 0 Å². The monoisotopic (exact) mass is 248 g/mol. The predicted octanol–water partition coefficient (Wildman–Crippen LogP) is 2.92. The van der Waals surface area contributed by atoms with E-state index in [0.717, 1.165) is 12.8 Å². The van der Waals surface area contributed by atoms with Crippen LogP contribution < -0.4 is 5.73 Å². The van der Waals surface area contributed by atoms with E-state index in [1.165, 1.54) is 58.0 Å². The van der Waals surface area contributed by atoms with Crippen LogP contribution in [0.1, 0.15) is 64.7 Å². The Bertz CT molecular complexity index is 301. The maximum Gasteiger partial charge on any atom is 0.0360 e. The molecule has 2 nitrogen and oxygen atoms in total. The van der Waals surface area contributed by atoms with Crippen LogP contribution in [0.4, 0.5) is 0 Å². The van der Waals surface area contributed by atoms with Gasteiger partial charge in [-0.1, -0.05) is 19.3 Å². The zero-order chi connectivity index (χ0) is 12.8. The third kappa shape index (κ3) is 2.90. The Kier molecular flexibility index (Phi) is 5.09. The van der Waals surface area contributed by atoms with Gasteiger partial charge in [0.1, 0.15) is 0 Å². The van der Waals surface area contributed by atoms with Gasteiger partial charge in [0, 0.05) is 18.0 Å². The van der Waals surface area contributed by atoms with Crippen molar-refractivity contribution in [2.75, 3.05) is 13.1 Å². The lowest BCUT2D eigenvalue weighted by Gasteiger charge is -2.47. The highest BCUT2D eigenvalue weighted by molar-refractivity contribution is 5.05. The van der Waals surface area contributed by atoms with Gasteiger partial charge in [0.2, 0.25) is 0 Å². The van der Waals surface area contributed by atoms with Crippen molar-refractivity contribution in [3.63, 3.8) is 0 Å². The molecule has 0 aromatic rings. The summed E-state index contributed by atoms with van der Waals surface area (Å²) in [6, 6.07) is 0.318. The molecule has 0 aromatic carbocycles. The van der Waals surface area contributed by atoms with Crippen LogP contribution in [0.25, 0.3) is 0 Å². The van der Waals surface area contributed by atoms with Gasteiger partial charge in [-0.25, -0.2) is 0 Å². The zero-order valence-electron chi connectivity index (χ0n) is 11.9. The number of hydrogen-bond acceptors (Lipinski definition) is 2. The first kappa shape index (κ1) is 13.9.